The van der Waals surface area contributed by atoms with Gasteiger partial charge in [-0.2, -0.15) is 5.48 Å². The van der Waals surface area contributed by atoms with Crippen molar-refractivity contribution < 1.29 is 27.7 Å². The van der Waals surface area contributed by atoms with Crippen molar-refractivity contribution in [2.75, 3.05) is 33.4 Å². The summed E-state index contributed by atoms with van der Waals surface area (Å²) in [6, 6.07) is 0. The summed E-state index contributed by atoms with van der Waals surface area (Å²) in [4.78, 5) is 7.99. The molecule has 0 bridgehead atoms. The third kappa shape index (κ3) is 12.2. The molecule has 15 heavy (non-hydrogen) atoms. The van der Waals surface area contributed by atoms with E-state index < -0.39 is 16.5 Å². The van der Waals surface area contributed by atoms with E-state index in [1.165, 1.54) is 7.05 Å². The van der Waals surface area contributed by atoms with Crippen LogP contribution in [0.2, 0.25) is 0 Å². The molecule has 0 saturated carbocycles. The van der Waals surface area contributed by atoms with Crippen molar-refractivity contribution in [2.24, 2.45) is 0 Å². The van der Waals surface area contributed by atoms with Gasteiger partial charge in [0.05, 0.1) is 13.2 Å². The maximum absolute atomic E-state index is 10.2. The van der Waals surface area contributed by atoms with Crippen LogP contribution < -0.4 is 10.8 Å². The highest BCUT2D eigenvalue weighted by Gasteiger charge is 2.00. The molecule has 2 atom stereocenters. The fourth-order valence-electron chi connectivity index (χ4n) is 0.691. The van der Waals surface area contributed by atoms with Crippen molar-refractivity contribution in [1.29, 1.82) is 0 Å². The highest BCUT2D eigenvalue weighted by molar-refractivity contribution is 7.47. The molecule has 1 rings (SSSR count). The standard InChI is InChI=1S/C4H9NO.CH7NO5P2/c1-3-6-4-2-5-1;1-2-6-9(5)7-8(3)4/h5H,1-4H2;2,8-9H,1H3,(H,3,4). The molecular formula is C5H16N2O6P2. The lowest BCUT2D eigenvalue weighted by atomic mass is 10.5. The van der Waals surface area contributed by atoms with Crippen LogP contribution in [0.15, 0.2) is 0 Å². The number of rotatable bonds is 4. The third-order valence-electron chi connectivity index (χ3n) is 1.20. The summed E-state index contributed by atoms with van der Waals surface area (Å²) < 4.78 is 32.9. The van der Waals surface area contributed by atoms with Gasteiger partial charge in [0.15, 0.2) is 0 Å². The van der Waals surface area contributed by atoms with E-state index in [1.54, 1.807) is 0 Å². The molecule has 3 N–H and O–H groups in total. The average molecular weight is 262 g/mol. The van der Waals surface area contributed by atoms with Gasteiger partial charge >= 0.3 is 16.5 Å². The minimum absolute atomic E-state index is 0.889. The van der Waals surface area contributed by atoms with Gasteiger partial charge in [-0.15, -0.1) is 0 Å². The molecule has 0 amide bonds. The molecule has 0 spiro atoms. The monoisotopic (exact) mass is 262 g/mol. The van der Waals surface area contributed by atoms with Crippen LogP contribution in [-0.2, 0) is 22.8 Å². The first-order valence-electron chi connectivity index (χ1n) is 4.23. The molecule has 0 radical (unpaired) electrons. The number of hydroxylamine groups is 1. The summed E-state index contributed by atoms with van der Waals surface area (Å²) in [6.07, 6.45) is 0. The van der Waals surface area contributed by atoms with Gasteiger partial charge in [-0.25, -0.2) is 8.94 Å². The number of hydrogen-bond acceptors (Lipinski definition) is 7. The average Bonchev–Trinajstić information content (AvgIpc) is 2.20. The Morgan fingerprint density at radius 2 is 2.00 bits per heavy atom. The summed E-state index contributed by atoms with van der Waals surface area (Å²) in [6.45, 7) is 3.83. The van der Waals surface area contributed by atoms with Gasteiger partial charge in [0.25, 0.3) is 0 Å². The number of hydrogen-bond donors (Lipinski definition) is 3. The molecule has 0 aliphatic carbocycles. The minimum atomic E-state index is -3.14. The summed E-state index contributed by atoms with van der Waals surface area (Å²) in [5, 5.41) is 3.16. The summed E-state index contributed by atoms with van der Waals surface area (Å²) in [5.41, 5.74) is 2.05. The predicted molar refractivity (Wildman–Crippen MR) is 55.1 cm³/mol. The number of morpholine rings is 1. The van der Waals surface area contributed by atoms with E-state index >= 15 is 0 Å². The van der Waals surface area contributed by atoms with Gasteiger partial charge in [0.2, 0.25) is 0 Å². The van der Waals surface area contributed by atoms with E-state index in [4.69, 9.17) is 9.63 Å². The van der Waals surface area contributed by atoms with Gasteiger partial charge in [-0.05, 0) is 0 Å². The molecule has 92 valence electrons. The van der Waals surface area contributed by atoms with Crippen molar-refractivity contribution in [3.63, 3.8) is 0 Å². The van der Waals surface area contributed by atoms with E-state index in [2.05, 4.69) is 14.3 Å². The summed E-state index contributed by atoms with van der Waals surface area (Å²) >= 11 is 0. The molecule has 1 aliphatic heterocycles. The Morgan fingerprint density at radius 1 is 1.40 bits per heavy atom. The lowest BCUT2D eigenvalue weighted by molar-refractivity contribution is 0.109. The smallest absolute Gasteiger partial charge is 0.342 e. The molecule has 1 aliphatic rings. The molecular weight excluding hydrogens is 246 g/mol. The molecule has 2 unspecified atom stereocenters. The topological polar surface area (TPSA) is 106 Å². The van der Waals surface area contributed by atoms with Crippen LogP contribution in [-0.4, -0.2) is 38.2 Å². The largest absolute Gasteiger partial charge is 0.379 e. The lowest BCUT2D eigenvalue weighted by Crippen LogP contribution is -2.30. The first-order valence-corrected chi connectivity index (χ1v) is 6.72. The molecule has 1 saturated heterocycles. The van der Waals surface area contributed by atoms with Crippen molar-refractivity contribution in [3.8, 4) is 0 Å². The Hall–Kier alpha value is 0.220. The Bertz CT molecular complexity index is 188. The van der Waals surface area contributed by atoms with Gasteiger partial charge in [0.1, 0.15) is 0 Å². The second kappa shape index (κ2) is 10.7. The number of nitrogens with one attached hydrogen (secondary N) is 2. The van der Waals surface area contributed by atoms with Crippen LogP contribution in [0.25, 0.3) is 0 Å². The molecule has 1 heterocycles. The Balaban J connectivity index is 0.000000280. The normalized spacial score (nSPS) is 19.9. The molecule has 8 nitrogen and oxygen atoms in total. The Kier molecular flexibility index (Phi) is 10.9. The quantitative estimate of drug-likeness (QED) is 0.461. The summed E-state index contributed by atoms with van der Waals surface area (Å²) in [5.74, 6) is 0. The van der Waals surface area contributed by atoms with Gasteiger partial charge in [0, 0.05) is 20.1 Å². The second-order valence-corrected chi connectivity index (χ2v) is 4.34. The predicted octanol–water partition coefficient (Wildman–Crippen LogP) is -0.468. The van der Waals surface area contributed by atoms with Crippen LogP contribution >= 0.6 is 16.5 Å². The van der Waals surface area contributed by atoms with Crippen LogP contribution in [0.1, 0.15) is 0 Å². The fraction of sp³-hybridized carbons (Fsp3) is 1.00. The molecule has 0 aromatic carbocycles. The van der Waals surface area contributed by atoms with Gasteiger partial charge < -0.3 is 14.9 Å². The molecule has 0 aromatic rings. The van der Waals surface area contributed by atoms with Crippen LogP contribution in [0.3, 0.4) is 0 Å². The second-order valence-electron chi connectivity index (χ2n) is 2.29. The van der Waals surface area contributed by atoms with Crippen molar-refractivity contribution in [2.45, 2.75) is 0 Å². The SMILES string of the molecule is C1COCCN1.CNO[PH](=O)O[PH](=O)O. The van der Waals surface area contributed by atoms with Crippen LogP contribution in [0, 0.1) is 0 Å². The van der Waals surface area contributed by atoms with Gasteiger partial charge in [-0.3, -0.25) is 9.13 Å². The lowest BCUT2D eigenvalue weighted by Gasteiger charge is -2.10. The fourth-order valence-corrected chi connectivity index (χ4v) is 1.59. The van der Waals surface area contributed by atoms with Crippen molar-refractivity contribution in [1.82, 2.24) is 10.8 Å². The molecule has 0 aromatic heterocycles. The maximum Gasteiger partial charge on any atom is 0.342 e. The maximum atomic E-state index is 10.2. The highest BCUT2D eigenvalue weighted by atomic mass is 31.2. The zero-order chi connectivity index (χ0) is 11.5. The third-order valence-corrected chi connectivity index (χ3v) is 2.94. The van der Waals surface area contributed by atoms with Crippen molar-refractivity contribution >= 4 is 16.5 Å². The van der Waals surface area contributed by atoms with Crippen molar-refractivity contribution in [3.05, 3.63) is 0 Å². The van der Waals surface area contributed by atoms with E-state index in [9.17, 15) is 9.13 Å². The van der Waals surface area contributed by atoms with Gasteiger partial charge in [-0.1, -0.05) is 0 Å². The highest BCUT2D eigenvalue weighted by Crippen LogP contribution is 2.34. The zero-order valence-corrected chi connectivity index (χ0v) is 10.3. The van der Waals surface area contributed by atoms with E-state index in [-0.39, 0.29) is 0 Å². The van der Waals surface area contributed by atoms with Crippen LogP contribution in [0.4, 0.5) is 0 Å². The minimum Gasteiger partial charge on any atom is -0.379 e. The first-order chi connectivity index (χ1) is 7.16. The van der Waals surface area contributed by atoms with E-state index in [1.807, 2.05) is 5.48 Å². The summed E-state index contributed by atoms with van der Waals surface area (Å²) in [7, 11) is -4.59. The molecule has 10 heteroatoms. The molecule has 1 fully saturated rings. The first kappa shape index (κ1) is 15.2. The van der Waals surface area contributed by atoms with Crippen LogP contribution in [0.5, 0.6) is 0 Å². The zero-order valence-electron chi connectivity index (χ0n) is 8.32. The van der Waals surface area contributed by atoms with E-state index in [0.29, 0.717) is 0 Å². The Labute approximate surface area is 89.1 Å². The number of ether oxygens (including phenoxy) is 1. The van der Waals surface area contributed by atoms with E-state index in [0.717, 1.165) is 26.3 Å². The Morgan fingerprint density at radius 3 is 2.27 bits per heavy atom.